The molecule has 5 nitrogen and oxygen atoms in total. The van der Waals surface area contributed by atoms with E-state index in [0.29, 0.717) is 0 Å². The Morgan fingerprint density at radius 2 is 1.83 bits per heavy atom. The molecule has 148 valence electrons. The third-order valence-corrected chi connectivity index (χ3v) is 6.48. The maximum atomic E-state index is 6.02. The molecule has 0 fully saturated rings. The highest BCUT2D eigenvalue weighted by Gasteiger charge is 2.17. The fraction of sp³-hybridized carbons (Fsp3) is 0.227. The van der Waals surface area contributed by atoms with E-state index < -0.39 is 0 Å². The van der Waals surface area contributed by atoms with Crippen molar-refractivity contribution in [3.05, 3.63) is 77.1 Å². The molecule has 0 saturated heterocycles. The van der Waals surface area contributed by atoms with Gasteiger partial charge in [-0.1, -0.05) is 59.8 Å². The van der Waals surface area contributed by atoms with Gasteiger partial charge < -0.3 is 9.30 Å². The lowest BCUT2D eigenvalue weighted by Crippen LogP contribution is -2.10. The van der Waals surface area contributed by atoms with Crippen LogP contribution in [0, 0.1) is 6.92 Å². The molecule has 0 saturated carbocycles. The molecule has 0 bridgehead atoms. The van der Waals surface area contributed by atoms with Gasteiger partial charge in [-0.05, 0) is 26.0 Å². The van der Waals surface area contributed by atoms with Crippen LogP contribution in [0.5, 0.6) is 5.75 Å². The van der Waals surface area contributed by atoms with E-state index >= 15 is 0 Å². The number of aryl methyl sites for hydroxylation is 1. The average molecular weight is 423 g/mol. The summed E-state index contributed by atoms with van der Waals surface area (Å²) >= 11 is 3.30. The van der Waals surface area contributed by atoms with Crippen LogP contribution in [-0.4, -0.2) is 19.7 Å². The second-order valence-electron chi connectivity index (χ2n) is 6.77. The molecule has 7 heteroatoms. The van der Waals surface area contributed by atoms with Crippen molar-refractivity contribution in [3.8, 4) is 16.3 Å². The zero-order valence-electron chi connectivity index (χ0n) is 16.6. The summed E-state index contributed by atoms with van der Waals surface area (Å²) in [6, 6.07) is 18.3. The van der Waals surface area contributed by atoms with Gasteiger partial charge in [-0.2, -0.15) is 0 Å². The largest absolute Gasteiger partial charge is 0.483 e. The minimum absolute atomic E-state index is 0.187. The Kier molecular flexibility index (Phi) is 5.97. The summed E-state index contributed by atoms with van der Waals surface area (Å²) in [6.45, 7) is 4.05. The quantitative estimate of drug-likeness (QED) is 0.359. The van der Waals surface area contributed by atoms with E-state index in [2.05, 4.69) is 34.6 Å². The molecule has 2 aromatic carbocycles. The van der Waals surface area contributed by atoms with Crippen molar-refractivity contribution >= 4 is 23.1 Å². The Morgan fingerprint density at radius 3 is 2.59 bits per heavy atom. The van der Waals surface area contributed by atoms with E-state index in [1.165, 1.54) is 5.56 Å². The van der Waals surface area contributed by atoms with E-state index in [1.54, 1.807) is 23.1 Å². The van der Waals surface area contributed by atoms with Crippen LogP contribution in [0.3, 0.4) is 0 Å². The Balaban J connectivity index is 1.40. The van der Waals surface area contributed by atoms with Gasteiger partial charge in [-0.15, -0.1) is 21.5 Å². The molecule has 2 heterocycles. The third kappa shape index (κ3) is 4.68. The van der Waals surface area contributed by atoms with Gasteiger partial charge in [-0.25, -0.2) is 4.98 Å². The van der Waals surface area contributed by atoms with Crippen molar-refractivity contribution in [1.82, 2.24) is 19.7 Å². The Hall–Kier alpha value is -2.64. The molecule has 0 aliphatic heterocycles. The van der Waals surface area contributed by atoms with Crippen molar-refractivity contribution in [2.75, 3.05) is 0 Å². The first-order chi connectivity index (χ1) is 14.1. The fourth-order valence-electron chi connectivity index (χ4n) is 2.90. The van der Waals surface area contributed by atoms with Crippen molar-refractivity contribution in [2.24, 2.45) is 7.05 Å². The lowest BCUT2D eigenvalue weighted by molar-refractivity contribution is 0.211. The SMILES string of the molecule is Cc1ccc(OC(C)c2nnc(SCc3csc(-c4ccccc4)n3)n2C)cc1. The predicted molar refractivity (Wildman–Crippen MR) is 118 cm³/mol. The summed E-state index contributed by atoms with van der Waals surface area (Å²) in [5.74, 6) is 2.38. The molecule has 0 spiro atoms. The molecule has 4 aromatic rings. The zero-order chi connectivity index (χ0) is 20.2. The molecular formula is C22H22N4OS2. The molecule has 0 radical (unpaired) electrons. The highest BCUT2D eigenvalue weighted by atomic mass is 32.2. The van der Waals surface area contributed by atoms with Gasteiger partial charge >= 0.3 is 0 Å². The molecule has 0 amide bonds. The van der Waals surface area contributed by atoms with Crippen LogP contribution < -0.4 is 4.74 Å². The minimum Gasteiger partial charge on any atom is -0.483 e. The van der Waals surface area contributed by atoms with Crippen LogP contribution in [0.4, 0.5) is 0 Å². The van der Waals surface area contributed by atoms with Gasteiger partial charge in [-0.3, -0.25) is 0 Å². The molecule has 0 aliphatic carbocycles. The van der Waals surface area contributed by atoms with Crippen molar-refractivity contribution in [3.63, 3.8) is 0 Å². The summed E-state index contributed by atoms with van der Waals surface area (Å²) in [5, 5.41) is 12.7. The maximum absolute atomic E-state index is 6.02. The molecule has 1 atom stereocenters. The molecular weight excluding hydrogens is 400 g/mol. The number of nitrogens with zero attached hydrogens (tertiary/aromatic N) is 4. The van der Waals surface area contributed by atoms with Crippen molar-refractivity contribution in [1.29, 1.82) is 0 Å². The number of thioether (sulfide) groups is 1. The summed E-state index contributed by atoms with van der Waals surface area (Å²) in [6.07, 6.45) is -0.187. The van der Waals surface area contributed by atoms with E-state index in [1.807, 2.05) is 61.0 Å². The first-order valence-corrected chi connectivity index (χ1v) is 11.2. The second kappa shape index (κ2) is 8.80. The van der Waals surface area contributed by atoms with E-state index in [0.717, 1.165) is 38.7 Å². The van der Waals surface area contributed by atoms with Crippen LogP contribution in [-0.2, 0) is 12.8 Å². The number of hydrogen-bond acceptors (Lipinski definition) is 6. The number of benzene rings is 2. The average Bonchev–Trinajstić information content (AvgIpc) is 3.35. The predicted octanol–water partition coefficient (Wildman–Crippen LogP) is 5.68. The first kappa shape index (κ1) is 19.7. The summed E-state index contributed by atoms with van der Waals surface area (Å²) in [5.41, 5.74) is 3.41. The molecule has 4 rings (SSSR count). The molecule has 0 N–H and O–H groups in total. The Labute approximate surface area is 178 Å². The van der Waals surface area contributed by atoms with Crippen LogP contribution in [0.1, 0.15) is 30.1 Å². The number of hydrogen-bond donors (Lipinski definition) is 0. The fourth-order valence-corrected chi connectivity index (χ4v) is 4.65. The van der Waals surface area contributed by atoms with Gasteiger partial charge in [0.2, 0.25) is 0 Å². The van der Waals surface area contributed by atoms with Gasteiger partial charge in [0.25, 0.3) is 0 Å². The van der Waals surface area contributed by atoms with Gasteiger partial charge in [0.05, 0.1) is 5.69 Å². The topological polar surface area (TPSA) is 52.8 Å². The van der Waals surface area contributed by atoms with Crippen molar-refractivity contribution in [2.45, 2.75) is 30.9 Å². The highest BCUT2D eigenvalue weighted by Crippen LogP contribution is 2.28. The van der Waals surface area contributed by atoms with Crippen LogP contribution in [0.15, 0.2) is 65.1 Å². The Morgan fingerprint density at radius 1 is 1.07 bits per heavy atom. The standard InChI is InChI=1S/C22H22N4OS2/c1-15-9-11-19(12-10-15)27-16(2)20-24-25-22(26(20)3)29-14-18-13-28-21(23-18)17-7-5-4-6-8-17/h4-13,16H,14H2,1-3H3. The second-order valence-corrected chi connectivity index (χ2v) is 8.57. The van der Waals surface area contributed by atoms with Crippen LogP contribution >= 0.6 is 23.1 Å². The summed E-state index contributed by atoms with van der Waals surface area (Å²) in [4.78, 5) is 4.75. The number of rotatable bonds is 7. The zero-order valence-corrected chi connectivity index (χ0v) is 18.2. The third-order valence-electron chi connectivity index (χ3n) is 4.49. The van der Waals surface area contributed by atoms with Gasteiger partial charge in [0.15, 0.2) is 17.1 Å². The number of aromatic nitrogens is 4. The summed E-state index contributed by atoms with van der Waals surface area (Å²) in [7, 11) is 1.98. The molecule has 2 aromatic heterocycles. The highest BCUT2D eigenvalue weighted by molar-refractivity contribution is 7.98. The molecule has 1 unspecified atom stereocenters. The minimum atomic E-state index is -0.187. The maximum Gasteiger partial charge on any atom is 0.191 e. The van der Waals surface area contributed by atoms with Gasteiger partial charge in [0, 0.05) is 23.7 Å². The van der Waals surface area contributed by atoms with Gasteiger partial charge in [0.1, 0.15) is 10.8 Å². The lowest BCUT2D eigenvalue weighted by atomic mass is 10.2. The summed E-state index contributed by atoms with van der Waals surface area (Å²) < 4.78 is 8.02. The Bertz CT molecular complexity index is 1070. The monoisotopic (exact) mass is 422 g/mol. The van der Waals surface area contributed by atoms with E-state index in [-0.39, 0.29) is 6.10 Å². The first-order valence-electron chi connectivity index (χ1n) is 9.35. The number of ether oxygens (including phenoxy) is 1. The smallest absolute Gasteiger partial charge is 0.191 e. The van der Waals surface area contributed by atoms with Crippen LogP contribution in [0.25, 0.3) is 10.6 Å². The van der Waals surface area contributed by atoms with Crippen molar-refractivity contribution < 1.29 is 4.74 Å². The lowest BCUT2D eigenvalue weighted by Gasteiger charge is -2.14. The number of thiazole rings is 1. The molecule has 29 heavy (non-hydrogen) atoms. The van der Waals surface area contributed by atoms with E-state index in [9.17, 15) is 0 Å². The normalized spacial score (nSPS) is 12.1. The van der Waals surface area contributed by atoms with E-state index in [4.69, 9.17) is 9.72 Å². The molecule has 0 aliphatic rings. The van der Waals surface area contributed by atoms with Crippen LogP contribution in [0.2, 0.25) is 0 Å².